The lowest BCUT2D eigenvalue weighted by atomic mass is 10.1. The predicted molar refractivity (Wildman–Crippen MR) is 69.2 cm³/mol. The summed E-state index contributed by atoms with van der Waals surface area (Å²) >= 11 is 0. The second-order valence-electron chi connectivity index (χ2n) is 4.83. The average molecular weight is 287 g/mol. The average Bonchev–Trinajstić information content (AvgIpc) is 2.39. The summed E-state index contributed by atoms with van der Waals surface area (Å²) in [5, 5.41) is 2.58. The molecule has 0 atom stereocenters. The van der Waals surface area contributed by atoms with Crippen LogP contribution in [0.5, 0.6) is 0 Å². The minimum absolute atomic E-state index is 0.116. The number of alkyl halides is 3. The fraction of sp³-hybridized carbons (Fsp3) is 0.462. The van der Waals surface area contributed by atoms with E-state index < -0.39 is 11.7 Å². The molecule has 7 heteroatoms. The number of carbonyl (C=O) groups excluding carboxylic acids is 1. The monoisotopic (exact) mass is 287 g/mol. The van der Waals surface area contributed by atoms with Crippen molar-refractivity contribution in [1.29, 1.82) is 0 Å². The van der Waals surface area contributed by atoms with Gasteiger partial charge >= 0.3 is 12.2 Å². The zero-order valence-electron chi connectivity index (χ0n) is 10.8. The lowest BCUT2D eigenvalue weighted by Crippen LogP contribution is -2.44. The van der Waals surface area contributed by atoms with Gasteiger partial charge in [-0.2, -0.15) is 13.2 Å². The topological polar surface area (TPSA) is 58.4 Å². The van der Waals surface area contributed by atoms with E-state index in [0.29, 0.717) is 18.8 Å². The number of piperidine rings is 1. The maximum atomic E-state index is 12.4. The van der Waals surface area contributed by atoms with Crippen molar-refractivity contribution >= 4 is 11.7 Å². The van der Waals surface area contributed by atoms with Gasteiger partial charge in [-0.1, -0.05) is 0 Å². The molecule has 0 unspecified atom stereocenters. The fourth-order valence-corrected chi connectivity index (χ4v) is 2.05. The van der Waals surface area contributed by atoms with Gasteiger partial charge in [0, 0.05) is 24.8 Å². The number of anilines is 1. The highest BCUT2D eigenvalue weighted by Crippen LogP contribution is 2.29. The molecule has 0 aromatic heterocycles. The Balaban J connectivity index is 1.94. The van der Waals surface area contributed by atoms with Crippen molar-refractivity contribution in [3.05, 3.63) is 29.8 Å². The van der Waals surface area contributed by atoms with E-state index in [9.17, 15) is 18.0 Å². The first-order valence-electron chi connectivity index (χ1n) is 6.35. The van der Waals surface area contributed by atoms with Gasteiger partial charge in [0.25, 0.3) is 0 Å². The summed E-state index contributed by atoms with van der Waals surface area (Å²) in [6.45, 7) is 1.13. The molecule has 1 aromatic carbocycles. The molecule has 2 amide bonds. The van der Waals surface area contributed by atoms with E-state index in [2.05, 4.69) is 5.32 Å². The first-order chi connectivity index (χ1) is 9.36. The van der Waals surface area contributed by atoms with Crippen LogP contribution < -0.4 is 11.1 Å². The quantitative estimate of drug-likeness (QED) is 0.834. The summed E-state index contributed by atoms with van der Waals surface area (Å²) < 4.78 is 37.2. The van der Waals surface area contributed by atoms with Crippen LogP contribution in [0.2, 0.25) is 0 Å². The second-order valence-corrected chi connectivity index (χ2v) is 4.83. The van der Waals surface area contributed by atoms with Gasteiger partial charge in [-0.05, 0) is 37.1 Å². The maximum Gasteiger partial charge on any atom is 0.416 e. The molecular weight excluding hydrogens is 271 g/mol. The van der Waals surface area contributed by atoms with E-state index in [-0.39, 0.29) is 12.1 Å². The number of urea groups is 1. The number of rotatable bonds is 1. The number of nitrogens with one attached hydrogen (secondary N) is 1. The van der Waals surface area contributed by atoms with Crippen LogP contribution in [-0.4, -0.2) is 30.1 Å². The lowest BCUT2D eigenvalue weighted by Gasteiger charge is -2.30. The number of benzene rings is 1. The molecule has 0 aliphatic carbocycles. The van der Waals surface area contributed by atoms with Crippen molar-refractivity contribution in [1.82, 2.24) is 4.90 Å². The first kappa shape index (κ1) is 14.6. The Morgan fingerprint density at radius 1 is 1.20 bits per heavy atom. The SMILES string of the molecule is NC1CCN(C(=O)Nc2ccc(C(F)(F)F)cc2)CC1. The third-order valence-corrected chi connectivity index (χ3v) is 3.29. The minimum Gasteiger partial charge on any atom is -0.328 e. The van der Waals surface area contributed by atoms with Crippen LogP contribution in [0.1, 0.15) is 18.4 Å². The van der Waals surface area contributed by atoms with Gasteiger partial charge in [0.1, 0.15) is 0 Å². The normalized spacial score (nSPS) is 17.1. The molecule has 4 nitrogen and oxygen atoms in total. The molecule has 1 fully saturated rings. The maximum absolute atomic E-state index is 12.4. The molecule has 0 saturated carbocycles. The van der Waals surface area contributed by atoms with Crippen molar-refractivity contribution in [3.8, 4) is 0 Å². The molecule has 1 aliphatic rings. The van der Waals surface area contributed by atoms with Gasteiger partial charge in [-0.3, -0.25) is 0 Å². The van der Waals surface area contributed by atoms with Crippen molar-refractivity contribution in [2.24, 2.45) is 5.73 Å². The lowest BCUT2D eigenvalue weighted by molar-refractivity contribution is -0.137. The molecule has 2 rings (SSSR count). The smallest absolute Gasteiger partial charge is 0.328 e. The van der Waals surface area contributed by atoms with Crippen molar-refractivity contribution < 1.29 is 18.0 Å². The number of amides is 2. The molecule has 20 heavy (non-hydrogen) atoms. The minimum atomic E-state index is -4.37. The Morgan fingerprint density at radius 2 is 1.75 bits per heavy atom. The highest BCUT2D eigenvalue weighted by molar-refractivity contribution is 5.89. The summed E-state index contributed by atoms with van der Waals surface area (Å²) in [7, 11) is 0. The van der Waals surface area contributed by atoms with Crippen LogP contribution in [0.15, 0.2) is 24.3 Å². The Kier molecular flexibility index (Phi) is 4.17. The molecule has 1 aliphatic heterocycles. The molecule has 1 heterocycles. The molecular formula is C13H16F3N3O. The van der Waals surface area contributed by atoms with Crippen LogP contribution in [0.3, 0.4) is 0 Å². The van der Waals surface area contributed by atoms with E-state index in [1.807, 2.05) is 0 Å². The molecule has 110 valence electrons. The van der Waals surface area contributed by atoms with Crippen LogP contribution in [0.4, 0.5) is 23.7 Å². The fourth-order valence-electron chi connectivity index (χ4n) is 2.05. The van der Waals surface area contributed by atoms with E-state index in [0.717, 1.165) is 25.0 Å². The number of nitrogens with zero attached hydrogens (tertiary/aromatic N) is 1. The number of likely N-dealkylation sites (tertiary alicyclic amines) is 1. The zero-order valence-corrected chi connectivity index (χ0v) is 10.8. The molecule has 1 aromatic rings. The van der Waals surface area contributed by atoms with Gasteiger partial charge in [0.05, 0.1) is 5.56 Å². The van der Waals surface area contributed by atoms with E-state index in [1.165, 1.54) is 12.1 Å². The third kappa shape index (κ3) is 3.63. The molecule has 0 spiro atoms. The Labute approximate surface area is 114 Å². The van der Waals surface area contributed by atoms with Gasteiger partial charge in [0.2, 0.25) is 0 Å². The number of carbonyl (C=O) groups is 1. The van der Waals surface area contributed by atoms with Gasteiger partial charge < -0.3 is 16.0 Å². The van der Waals surface area contributed by atoms with Gasteiger partial charge in [0.15, 0.2) is 0 Å². The van der Waals surface area contributed by atoms with Gasteiger partial charge in [-0.15, -0.1) is 0 Å². The number of hydrogen-bond donors (Lipinski definition) is 2. The summed E-state index contributed by atoms with van der Waals surface area (Å²) in [6, 6.07) is 4.19. The summed E-state index contributed by atoms with van der Waals surface area (Å²) in [5.41, 5.74) is 5.35. The molecule has 3 N–H and O–H groups in total. The Morgan fingerprint density at radius 3 is 2.25 bits per heavy atom. The van der Waals surface area contributed by atoms with Crippen molar-refractivity contribution in [2.45, 2.75) is 25.1 Å². The molecule has 0 radical (unpaired) electrons. The number of hydrogen-bond acceptors (Lipinski definition) is 2. The summed E-state index contributed by atoms with van der Waals surface area (Å²) in [4.78, 5) is 13.5. The van der Waals surface area contributed by atoms with Crippen LogP contribution in [-0.2, 0) is 6.18 Å². The summed E-state index contributed by atoms with van der Waals surface area (Å²) in [6.07, 6.45) is -2.90. The van der Waals surface area contributed by atoms with Gasteiger partial charge in [-0.25, -0.2) is 4.79 Å². The highest BCUT2D eigenvalue weighted by atomic mass is 19.4. The second kappa shape index (κ2) is 5.70. The largest absolute Gasteiger partial charge is 0.416 e. The third-order valence-electron chi connectivity index (χ3n) is 3.29. The van der Waals surface area contributed by atoms with Crippen LogP contribution in [0.25, 0.3) is 0 Å². The van der Waals surface area contributed by atoms with Crippen LogP contribution in [0, 0.1) is 0 Å². The highest BCUT2D eigenvalue weighted by Gasteiger charge is 2.30. The van der Waals surface area contributed by atoms with E-state index in [1.54, 1.807) is 4.90 Å². The van der Waals surface area contributed by atoms with Crippen molar-refractivity contribution in [3.63, 3.8) is 0 Å². The number of halogens is 3. The molecule has 0 bridgehead atoms. The Hall–Kier alpha value is -1.76. The van der Waals surface area contributed by atoms with Crippen molar-refractivity contribution in [2.75, 3.05) is 18.4 Å². The molecule has 1 saturated heterocycles. The van der Waals surface area contributed by atoms with Crippen LogP contribution >= 0.6 is 0 Å². The number of nitrogens with two attached hydrogens (primary N) is 1. The first-order valence-corrected chi connectivity index (χ1v) is 6.35. The Bertz CT molecular complexity index is 465. The standard InChI is InChI=1S/C13H16F3N3O/c14-13(15,16)9-1-3-11(4-2-9)18-12(20)19-7-5-10(17)6-8-19/h1-4,10H,5-8,17H2,(H,18,20). The summed E-state index contributed by atoms with van der Waals surface area (Å²) in [5.74, 6) is 0. The zero-order chi connectivity index (χ0) is 14.8. The van der Waals surface area contributed by atoms with E-state index in [4.69, 9.17) is 5.73 Å². The predicted octanol–water partition coefficient (Wildman–Crippen LogP) is 2.66. The van der Waals surface area contributed by atoms with E-state index >= 15 is 0 Å².